The third kappa shape index (κ3) is 5.12. The van der Waals surface area contributed by atoms with Crippen LogP contribution in [0.2, 0.25) is 0 Å². The highest BCUT2D eigenvalue weighted by Crippen LogP contribution is 2.02. The summed E-state index contributed by atoms with van der Waals surface area (Å²) in [6.07, 6.45) is 3.91. The van der Waals surface area contributed by atoms with Gasteiger partial charge in [-0.25, -0.2) is 4.79 Å². The number of hydrogen-bond donors (Lipinski definition) is 0. The molecular weight excluding hydrogens is 232 g/mol. The van der Waals surface area contributed by atoms with Gasteiger partial charge in [-0.15, -0.1) is 0 Å². The Balaban J connectivity index is 2.24. The largest absolute Gasteiger partial charge is 0.462 e. The average Bonchev–Trinajstić information content (AvgIpc) is 2.43. The minimum atomic E-state index is -0.352. The van der Waals surface area contributed by atoms with Crippen molar-refractivity contribution in [2.24, 2.45) is 0 Å². The first-order valence-corrected chi connectivity index (χ1v) is 5.72. The molecule has 1 aromatic rings. The Kier molecular flexibility index (Phi) is 6.76. The van der Waals surface area contributed by atoms with E-state index in [1.807, 2.05) is 12.1 Å². The third-order valence-corrected chi connectivity index (χ3v) is 2.28. The van der Waals surface area contributed by atoms with Crippen LogP contribution in [0.15, 0.2) is 42.5 Å². The van der Waals surface area contributed by atoms with E-state index < -0.39 is 0 Å². The minimum Gasteiger partial charge on any atom is -0.462 e. The molecule has 18 heavy (non-hydrogen) atoms. The third-order valence-electron chi connectivity index (χ3n) is 2.28. The Labute approximate surface area is 107 Å². The van der Waals surface area contributed by atoms with Crippen LogP contribution in [-0.2, 0) is 14.2 Å². The summed E-state index contributed by atoms with van der Waals surface area (Å²) >= 11 is 0. The summed E-state index contributed by atoms with van der Waals surface area (Å²) < 4.78 is 15.1. The molecule has 0 aliphatic rings. The number of rotatable bonds is 7. The van der Waals surface area contributed by atoms with Crippen molar-refractivity contribution in [3.8, 4) is 0 Å². The highest BCUT2D eigenvalue weighted by atomic mass is 16.7. The summed E-state index contributed by atoms with van der Waals surface area (Å²) in [5.41, 5.74) is 0.563. The van der Waals surface area contributed by atoms with Crippen LogP contribution in [0.1, 0.15) is 16.8 Å². The van der Waals surface area contributed by atoms with Crippen molar-refractivity contribution in [1.82, 2.24) is 0 Å². The zero-order valence-electron chi connectivity index (χ0n) is 10.7. The molecule has 0 N–H and O–H groups in total. The summed E-state index contributed by atoms with van der Waals surface area (Å²) in [5, 5.41) is 0. The molecule has 0 aromatic heterocycles. The standard InChI is InChI=1S/C14H18O4/c1-16-13(17-2)10-6-7-11-18-14(15)12-8-4-3-5-9-12/h3-6,8-10,13H,7,11H2,1-2H3/b10-6-. The maximum atomic E-state index is 11.6. The van der Waals surface area contributed by atoms with Gasteiger partial charge >= 0.3 is 5.97 Å². The molecule has 4 heteroatoms. The summed E-state index contributed by atoms with van der Waals surface area (Å²) in [6.45, 7) is 0.338. The number of esters is 1. The zero-order chi connectivity index (χ0) is 13.2. The van der Waals surface area contributed by atoms with E-state index in [0.29, 0.717) is 18.6 Å². The summed E-state index contributed by atoms with van der Waals surface area (Å²) in [5.74, 6) is -0.306. The summed E-state index contributed by atoms with van der Waals surface area (Å²) in [6, 6.07) is 8.92. The fourth-order valence-corrected chi connectivity index (χ4v) is 1.34. The number of carbonyl (C=O) groups is 1. The maximum absolute atomic E-state index is 11.6. The molecule has 1 aromatic carbocycles. The van der Waals surface area contributed by atoms with E-state index in [9.17, 15) is 4.79 Å². The average molecular weight is 250 g/mol. The molecule has 0 fully saturated rings. The van der Waals surface area contributed by atoms with E-state index in [1.54, 1.807) is 44.6 Å². The molecule has 0 radical (unpaired) electrons. The maximum Gasteiger partial charge on any atom is 0.338 e. The second-order valence-corrected chi connectivity index (χ2v) is 3.56. The lowest BCUT2D eigenvalue weighted by Crippen LogP contribution is -2.09. The molecule has 0 aliphatic carbocycles. The van der Waals surface area contributed by atoms with Crippen molar-refractivity contribution in [2.75, 3.05) is 20.8 Å². The summed E-state index contributed by atoms with van der Waals surface area (Å²) in [7, 11) is 3.13. The van der Waals surface area contributed by atoms with E-state index in [4.69, 9.17) is 14.2 Å². The van der Waals surface area contributed by atoms with E-state index in [2.05, 4.69) is 0 Å². The minimum absolute atomic E-state index is 0.306. The number of ether oxygens (including phenoxy) is 3. The van der Waals surface area contributed by atoms with Gasteiger partial charge in [-0.2, -0.15) is 0 Å². The van der Waals surface area contributed by atoms with Crippen LogP contribution in [0.5, 0.6) is 0 Å². The van der Waals surface area contributed by atoms with Gasteiger partial charge < -0.3 is 14.2 Å². The fraction of sp³-hybridized carbons (Fsp3) is 0.357. The molecule has 0 aliphatic heterocycles. The van der Waals surface area contributed by atoms with E-state index >= 15 is 0 Å². The monoisotopic (exact) mass is 250 g/mol. The predicted molar refractivity (Wildman–Crippen MR) is 68.3 cm³/mol. The molecule has 0 bridgehead atoms. The Morgan fingerprint density at radius 1 is 1.22 bits per heavy atom. The first kappa shape index (κ1) is 14.4. The molecule has 98 valence electrons. The van der Waals surface area contributed by atoms with Crippen molar-refractivity contribution >= 4 is 5.97 Å². The van der Waals surface area contributed by atoms with Gasteiger partial charge in [-0.3, -0.25) is 0 Å². The van der Waals surface area contributed by atoms with Crippen LogP contribution in [0, 0.1) is 0 Å². The quantitative estimate of drug-likeness (QED) is 0.322. The van der Waals surface area contributed by atoms with Crippen LogP contribution >= 0.6 is 0 Å². The topological polar surface area (TPSA) is 44.8 Å². The molecule has 0 unspecified atom stereocenters. The van der Waals surface area contributed by atoms with Gasteiger partial charge in [0.25, 0.3) is 0 Å². The normalized spacial score (nSPS) is 11.1. The molecule has 0 heterocycles. The van der Waals surface area contributed by atoms with Crippen molar-refractivity contribution < 1.29 is 19.0 Å². The van der Waals surface area contributed by atoms with Gasteiger partial charge in [0, 0.05) is 14.2 Å². The second-order valence-electron chi connectivity index (χ2n) is 3.56. The highest BCUT2D eigenvalue weighted by molar-refractivity contribution is 5.89. The van der Waals surface area contributed by atoms with Crippen LogP contribution in [0.3, 0.4) is 0 Å². The van der Waals surface area contributed by atoms with Crippen molar-refractivity contribution in [1.29, 1.82) is 0 Å². The first-order valence-electron chi connectivity index (χ1n) is 5.72. The van der Waals surface area contributed by atoms with Gasteiger partial charge in [0.1, 0.15) is 0 Å². The van der Waals surface area contributed by atoms with Gasteiger partial charge in [0.15, 0.2) is 6.29 Å². The summed E-state index contributed by atoms with van der Waals surface area (Å²) in [4.78, 5) is 11.6. The van der Waals surface area contributed by atoms with Crippen LogP contribution in [0.25, 0.3) is 0 Å². The first-order chi connectivity index (χ1) is 8.77. The van der Waals surface area contributed by atoms with Gasteiger partial charge in [0.2, 0.25) is 0 Å². The van der Waals surface area contributed by atoms with Crippen LogP contribution in [-0.4, -0.2) is 33.1 Å². The Bertz CT molecular complexity index is 369. The smallest absolute Gasteiger partial charge is 0.338 e. The number of methoxy groups -OCH3 is 2. The van der Waals surface area contributed by atoms with Crippen LogP contribution in [0.4, 0.5) is 0 Å². The van der Waals surface area contributed by atoms with Gasteiger partial charge in [-0.1, -0.05) is 24.3 Å². The SMILES string of the molecule is COC(/C=C\CCOC(=O)c1ccccc1)OC. The highest BCUT2D eigenvalue weighted by Gasteiger charge is 2.04. The lowest BCUT2D eigenvalue weighted by Gasteiger charge is -2.07. The molecule has 0 amide bonds. The molecule has 4 nitrogen and oxygen atoms in total. The Morgan fingerprint density at radius 2 is 1.89 bits per heavy atom. The zero-order valence-corrected chi connectivity index (χ0v) is 10.7. The Hall–Kier alpha value is -1.65. The second kappa shape index (κ2) is 8.44. The van der Waals surface area contributed by atoms with Gasteiger partial charge in [-0.05, 0) is 24.6 Å². The molecule has 0 atom stereocenters. The van der Waals surface area contributed by atoms with E-state index in [-0.39, 0.29) is 12.3 Å². The number of hydrogen-bond acceptors (Lipinski definition) is 4. The lowest BCUT2D eigenvalue weighted by molar-refractivity contribution is -0.0667. The number of carbonyl (C=O) groups excluding carboxylic acids is 1. The molecule has 0 saturated carbocycles. The predicted octanol–water partition coefficient (Wildman–Crippen LogP) is 2.41. The molecule has 0 saturated heterocycles. The van der Waals surface area contributed by atoms with Crippen LogP contribution < -0.4 is 0 Å². The van der Waals surface area contributed by atoms with E-state index in [1.165, 1.54) is 0 Å². The Morgan fingerprint density at radius 3 is 2.50 bits per heavy atom. The fourth-order valence-electron chi connectivity index (χ4n) is 1.34. The van der Waals surface area contributed by atoms with E-state index in [0.717, 1.165) is 0 Å². The molecule has 1 rings (SSSR count). The van der Waals surface area contributed by atoms with Crippen molar-refractivity contribution in [2.45, 2.75) is 12.7 Å². The van der Waals surface area contributed by atoms with Crippen molar-refractivity contribution in [3.05, 3.63) is 48.0 Å². The van der Waals surface area contributed by atoms with Crippen molar-refractivity contribution in [3.63, 3.8) is 0 Å². The number of benzene rings is 1. The molecule has 0 spiro atoms. The van der Waals surface area contributed by atoms with Gasteiger partial charge in [0.05, 0.1) is 12.2 Å². The lowest BCUT2D eigenvalue weighted by atomic mass is 10.2. The molecular formula is C14H18O4.